The molecule has 0 aliphatic carbocycles. The van der Waals surface area contributed by atoms with E-state index in [1.165, 1.54) is 0 Å². The predicted molar refractivity (Wildman–Crippen MR) is 83.7 cm³/mol. The van der Waals surface area contributed by atoms with Crippen LogP contribution in [0.15, 0.2) is 23.3 Å². The van der Waals surface area contributed by atoms with Gasteiger partial charge in [0, 0.05) is 25.0 Å². The first-order chi connectivity index (χ1) is 10.3. The lowest BCUT2D eigenvalue weighted by atomic mass is 10.2. The number of rotatable bonds is 5. The molecule has 21 heavy (non-hydrogen) atoms. The summed E-state index contributed by atoms with van der Waals surface area (Å²) in [7, 11) is 2.00. The minimum absolute atomic E-state index is 0.175. The molecule has 0 spiro atoms. The van der Waals surface area contributed by atoms with Crippen LogP contribution in [0.25, 0.3) is 0 Å². The molecule has 1 aliphatic heterocycles. The Bertz CT molecular complexity index is 577. The molecule has 2 aromatic rings. The maximum absolute atomic E-state index is 9.44. The van der Waals surface area contributed by atoms with E-state index in [0.29, 0.717) is 0 Å². The van der Waals surface area contributed by atoms with E-state index in [2.05, 4.69) is 24.8 Å². The summed E-state index contributed by atoms with van der Waals surface area (Å²) in [5.74, 6) is 1.76. The Kier molecular flexibility index (Phi) is 4.31. The zero-order chi connectivity index (χ0) is 14.7. The van der Waals surface area contributed by atoms with Crippen molar-refractivity contribution < 1.29 is 5.11 Å². The van der Waals surface area contributed by atoms with Gasteiger partial charge >= 0.3 is 0 Å². The normalized spacial score (nSPS) is 18.2. The minimum atomic E-state index is 0.175. The second kappa shape index (κ2) is 6.36. The van der Waals surface area contributed by atoms with Crippen LogP contribution in [-0.4, -0.2) is 46.3 Å². The molecule has 0 bridgehead atoms. The van der Waals surface area contributed by atoms with Gasteiger partial charge in [-0.3, -0.25) is 0 Å². The van der Waals surface area contributed by atoms with Crippen LogP contribution in [0.1, 0.15) is 18.5 Å². The summed E-state index contributed by atoms with van der Waals surface area (Å²) in [5.41, 5.74) is 2.88. The van der Waals surface area contributed by atoms with Gasteiger partial charge in [0.2, 0.25) is 0 Å². The van der Waals surface area contributed by atoms with Gasteiger partial charge in [0.25, 0.3) is 0 Å². The summed E-state index contributed by atoms with van der Waals surface area (Å²) >= 11 is 1.60. The molecule has 1 fully saturated rings. The standard InChI is InChI=1S/C14H19N5OS/c1-18(6-11-8-21-10-17-11)13-5-14(16-9-15-13)19-4-2-3-12(19)7-20/h5,8-10,12,20H,2-4,6-7H2,1H3/t12-/m0/s1. The number of aliphatic hydroxyl groups excluding tert-OH is 1. The number of hydrogen-bond donors (Lipinski definition) is 1. The van der Waals surface area contributed by atoms with Crippen LogP contribution in [0.4, 0.5) is 11.6 Å². The number of anilines is 2. The molecule has 112 valence electrons. The van der Waals surface area contributed by atoms with Crippen LogP contribution in [0.5, 0.6) is 0 Å². The Morgan fingerprint density at radius 1 is 1.43 bits per heavy atom. The first-order valence-corrected chi connectivity index (χ1v) is 8.00. The van der Waals surface area contributed by atoms with E-state index in [0.717, 1.165) is 43.3 Å². The van der Waals surface area contributed by atoms with Gasteiger partial charge < -0.3 is 14.9 Å². The van der Waals surface area contributed by atoms with E-state index in [-0.39, 0.29) is 12.6 Å². The quantitative estimate of drug-likeness (QED) is 0.904. The zero-order valence-corrected chi connectivity index (χ0v) is 12.8. The van der Waals surface area contributed by atoms with Crippen molar-refractivity contribution in [2.45, 2.75) is 25.4 Å². The molecule has 1 atom stereocenters. The molecule has 3 rings (SSSR count). The first kappa shape index (κ1) is 14.2. The van der Waals surface area contributed by atoms with Crippen molar-refractivity contribution >= 4 is 23.0 Å². The van der Waals surface area contributed by atoms with Gasteiger partial charge in [-0.05, 0) is 12.8 Å². The lowest BCUT2D eigenvalue weighted by molar-refractivity contribution is 0.266. The highest BCUT2D eigenvalue weighted by molar-refractivity contribution is 7.07. The fraction of sp³-hybridized carbons (Fsp3) is 0.500. The fourth-order valence-electron chi connectivity index (χ4n) is 2.67. The van der Waals surface area contributed by atoms with E-state index < -0.39 is 0 Å². The Hall–Kier alpha value is -1.73. The fourth-order valence-corrected chi connectivity index (χ4v) is 3.22. The highest BCUT2D eigenvalue weighted by Crippen LogP contribution is 2.25. The number of nitrogens with zero attached hydrogens (tertiary/aromatic N) is 5. The van der Waals surface area contributed by atoms with Crippen molar-refractivity contribution in [2.24, 2.45) is 0 Å². The molecule has 7 heteroatoms. The second-order valence-electron chi connectivity index (χ2n) is 5.24. The zero-order valence-electron chi connectivity index (χ0n) is 12.0. The largest absolute Gasteiger partial charge is 0.394 e. The van der Waals surface area contributed by atoms with Crippen LogP contribution in [0.3, 0.4) is 0 Å². The average Bonchev–Trinajstić information content (AvgIpc) is 3.18. The van der Waals surface area contributed by atoms with Gasteiger partial charge in [0.1, 0.15) is 18.0 Å². The first-order valence-electron chi connectivity index (χ1n) is 7.05. The van der Waals surface area contributed by atoms with E-state index in [9.17, 15) is 5.11 Å². The van der Waals surface area contributed by atoms with E-state index >= 15 is 0 Å². The minimum Gasteiger partial charge on any atom is -0.394 e. The van der Waals surface area contributed by atoms with E-state index in [4.69, 9.17) is 0 Å². The molecule has 0 radical (unpaired) electrons. The number of aliphatic hydroxyl groups is 1. The molecule has 3 heterocycles. The van der Waals surface area contributed by atoms with Gasteiger partial charge in [-0.1, -0.05) is 0 Å². The topological polar surface area (TPSA) is 65.4 Å². The molecule has 1 N–H and O–H groups in total. The molecule has 0 amide bonds. The maximum Gasteiger partial charge on any atom is 0.134 e. The molecule has 6 nitrogen and oxygen atoms in total. The smallest absolute Gasteiger partial charge is 0.134 e. The predicted octanol–water partition coefficient (Wildman–Crippen LogP) is 1.53. The van der Waals surface area contributed by atoms with Crippen molar-refractivity contribution in [1.29, 1.82) is 0 Å². The molecule has 1 aliphatic rings. The van der Waals surface area contributed by atoms with Crippen molar-refractivity contribution in [1.82, 2.24) is 15.0 Å². The third-order valence-corrected chi connectivity index (χ3v) is 4.43. The lowest BCUT2D eigenvalue weighted by Crippen LogP contribution is -2.33. The van der Waals surface area contributed by atoms with Crippen LogP contribution >= 0.6 is 11.3 Å². The van der Waals surface area contributed by atoms with E-state index in [1.807, 2.05) is 24.0 Å². The number of hydrogen-bond acceptors (Lipinski definition) is 7. The van der Waals surface area contributed by atoms with Gasteiger partial charge in [-0.15, -0.1) is 11.3 Å². The Morgan fingerprint density at radius 3 is 3.10 bits per heavy atom. The Labute approximate surface area is 128 Å². The summed E-state index contributed by atoms with van der Waals surface area (Å²) in [6, 6.07) is 2.16. The summed E-state index contributed by atoms with van der Waals surface area (Å²) in [4.78, 5) is 17.2. The maximum atomic E-state index is 9.44. The molecule has 0 unspecified atom stereocenters. The molecular weight excluding hydrogens is 286 g/mol. The van der Waals surface area contributed by atoms with E-state index in [1.54, 1.807) is 17.7 Å². The van der Waals surface area contributed by atoms with Gasteiger partial charge in [0.15, 0.2) is 0 Å². The van der Waals surface area contributed by atoms with Gasteiger partial charge in [-0.25, -0.2) is 15.0 Å². The van der Waals surface area contributed by atoms with Crippen LogP contribution in [-0.2, 0) is 6.54 Å². The summed E-state index contributed by atoms with van der Waals surface area (Å²) in [5, 5.41) is 11.5. The average molecular weight is 305 g/mol. The van der Waals surface area contributed by atoms with Gasteiger partial charge in [0.05, 0.1) is 30.4 Å². The van der Waals surface area contributed by atoms with Gasteiger partial charge in [-0.2, -0.15) is 0 Å². The molecular formula is C14H19N5OS. The second-order valence-corrected chi connectivity index (χ2v) is 5.96. The van der Waals surface area contributed by atoms with Crippen LogP contribution < -0.4 is 9.80 Å². The highest BCUT2D eigenvalue weighted by Gasteiger charge is 2.25. The highest BCUT2D eigenvalue weighted by atomic mass is 32.1. The van der Waals surface area contributed by atoms with Crippen LogP contribution in [0.2, 0.25) is 0 Å². The third kappa shape index (κ3) is 3.14. The molecule has 0 aromatic carbocycles. The number of aromatic nitrogens is 3. The van der Waals surface area contributed by atoms with Crippen molar-refractivity contribution in [3.63, 3.8) is 0 Å². The monoisotopic (exact) mass is 305 g/mol. The Balaban J connectivity index is 1.76. The van der Waals surface area contributed by atoms with Crippen LogP contribution in [0, 0.1) is 0 Å². The summed E-state index contributed by atoms with van der Waals surface area (Å²) in [6.45, 7) is 1.84. The molecule has 2 aromatic heterocycles. The molecule has 1 saturated heterocycles. The molecule has 0 saturated carbocycles. The lowest BCUT2D eigenvalue weighted by Gasteiger charge is -2.25. The Morgan fingerprint density at radius 2 is 2.33 bits per heavy atom. The number of thiazole rings is 1. The SMILES string of the molecule is CN(Cc1cscn1)c1cc(N2CCC[C@H]2CO)ncn1. The summed E-state index contributed by atoms with van der Waals surface area (Å²) in [6.07, 6.45) is 3.71. The summed E-state index contributed by atoms with van der Waals surface area (Å²) < 4.78 is 0. The van der Waals surface area contributed by atoms with Crippen molar-refractivity contribution in [3.8, 4) is 0 Å². The third-order valence-electron chi connectivity index (χ3n) is 3.79. The van der Waals surface area contributed by atoms with Crippen molar-refractivity contribution in [2.75, 3.05) is 30.0 Å². The van der Waals surface area contributed by atoms with Crippen molar-refractivity contribution in [3.05, 3.63) is 29.0 Å².